The smallest absolute Gasteiger partial charge is 0.0373 e. The second kappa shape index (κ2) is 3.09. The lowest BCUT2D eigenvalue weighted by Gasteiger charge is -2.00. The lowest BCUT2D eigenvalue weighted by Crippen LogP contribution is -2.04. The van der Waals surface area contributed by atoms with E-state index in [1.54, 1.807) is 0 Å². The molecule has 52 valence electrons. The Balaban J connectivity index is 2.99. The standard InChI is InChI=1S/C9H11N/c1-8-6-4-3-5-7-9(8)10-2/h3,5-7,10H,1-2H3. The maximum Gasteiger partial charge on any atom is 0.0373 e. The summed E-state index contributed by atoms with van der Waals surface area (Å²) in [7, 11) is 1.92. The van der Waals surface area contributed by atoms with Gasteiger partial charge in [-0.2, -0.15) is 0 Å². The Bertz CT molecular complexity index is 237. The van der Waals surface area contributed by atoms with Crippen LogP contribution in [-0.4, -0.2) is 7.05 Å². The van der Waals surface area contributed by atoms with Gasteiger partial charge in [-0.05, 0) is 30.7 Å². The summed E-state index contributed by atoms with van der Waals surface area (Å²) in [4.78, 5) is 0. The zero-order valence-electron chi connectivity index (χ0n) is 6.31. The summed E-state index contributed by atoms with van der Waals surface area (Å²) in [6, 6.07) is 0. The quantitative estimate of drug-likeness (QED) is 0.537. The van der Waals surface area contributed by atoms with Crippen molar-refractivity contribution in [3.63, 3.8) is 0 Å². The summed E-state index contributed by atoms with van der Waals surface area (Å²) in [5, 5.41) is 3.10. The molecule has 0 amide bonds. The van der Waals surface area contributed by atoms with Crippen LogP contribution in [-0.2, 0) is 0 Å². The molecule has 0 unspecified atom stereocenters. The normalized spacial score (nSPS) is 15.8. The molecule has 0 radical (unpaired) electrons. The van der Waals surface area contributed by atoms with E-state index in [1.807, 2.05) is 31.4 Å². The number of hydrogen-bond donors (Lipinski definition) is 1. The molecule has 0 aromatic carbocycles. The van der Waals surface area contributed by atoms with Crippen LogP contribution in [0.1, 0.15) is 6.92 Å². The Hall–Kier alpha value is -1.20. The molecule has 0 spiro atoms. The van der Waals surface area contributed by atoms with Crippen molar-refractivity contribution < 1.29 is 0 Å². The monoisotopic (exact) mass is 133 g/mol. The zero-order chi connectivity index (χ0) is 7.40. The molecule has 0 aliphatic heterocycles. The minimum Gasteiger partial charge on any atom is -0.388 e. The Morgan fingerprint density at radius 2 is 2.30 bits per heavy atom. The molecule has 10 heavy (non-hydrogen) atoms. The van der Waals surface area contributed by atoms with Crippen LogP contribution in [0.15, 0.2) is 41.3 Å². The van der Waals surface area contributed by atoms with Crippen molar-refractivity contribution in [2.24, 2.45) is 0 Å². The van der Waals surface area contributed by atoms with E-state index in [0.29, 0.717) is 0 Å². The molecule has 1 aliphatic rings. The van der Waals surface area contributed by atoms with Gasteiger partial charge in [0.15, 0.2) is 0 Å². The van der Waals surface area contributed by atoms with Crippen LogP contribution >= 0.6 is 0 Å². The maximum atomic E-state index is 3.10. The van der Waals surface area contributed by atoms with Gasteiger partial charge in [0, 0.05) is 12.7 Å². The predicted octanol–water partition coefficient (Wildman–Crippen LogP) is 1.76. The summed E-state index contributed by atoms with van der Waals surface area (Å²) < 4.78 is 0. The Labute approximate surface area is 61.4 Å². The highest BCUT2D eigenvalue weighted by Gasteiger charge is 1.92. The van der Waals surface area contributed by atoms with Crippen LogP contribution in [0, 0.1) is 0 Å². The Kier molecular flexibility index (Phi) is 2.14. The second-order valence-corrected chi connectivity index (χ2v) is 2.18. The first-order valence-corrected chi connectivity index (χ1v) is 3.32. The largest absolute Gasteiger partial charge is 0.388 e. The highest BCUT2D eigenvalue weighted by Crippen LogP contribution is 2.05. The highest BCUT2D eigenvalue weighted by molar-refractivity contribution is 5.34. The number of nitrogens with one attached hydrogen (secondary N) is 1. The second-order valence-electron chi connectivity index (χ2n) is 2.18. The molecule has 1 aliphatic carbocycles. The molecule has 1 nitrogen and oxygen atoms in total. The fourth-order valence-electron chi connectivity index (χ4n) is 0.863. The lowest BCUT2D eigenvalue weighted by molar-refractivity contribution is 1.01. The van der Waals surface area contributed by atoms with Crippen molar-refractivity contribution in [1.29, 1.82) is 0 Å². The van der Waals surface area contributed by atoms with E-state index in [0.717, 1.165) is 5.70 Å². The van der Waals surface area contributed by atoms with E-state index in [2.05, 4.69) is 18.0 Å². The Morgan fingerprint density at radius 3 is 3.00 bits per heavy atom. The molecule has 1 N–H and O–H groups in total. The molecular formula is C9H11N. The molecule has 0 atom stereocenters. The van der Waals surface area contributed by atoms with Crippen LogP contribution in [0.5, 0.6) is 0 Å². The van der Waals surface area contributed by atoms with E-state index in [9.17, 15) is 0 Å². The van der Waals surface area contributed by atoms with Crippen molar-refractivity contribution in [3.8, 4) is 0 Å². The summed E-state index contributed by atoms with van der Waals surface area (Å²) in [6.07, 6.45) is 7.87. The molecule has 0 heterocycles. The molecule has 0 saturated heterocycles. The Morgan fingerprint density at radius 1 is 1.50 bits per heavy atom. The molecule has 0 saturated carbocycles. The van der Waals surface area contributed by atoms with Crippen LogP contribution in [0.25, 0.3) is 0 Å². The summed E-state index contributed by atoms with van der Waals surface area (Å²) in [5.41, 5.74) is 5.40. The summed E-state index contributed by atoms with van der Waals surface area (Å²) in [6.45, 7) is 2.06. The summed E-state index contributed by atoms with van der Waals surface area (Å²) >= 11 is 0. The summed E-state index contributed by atoms with van der Waals surface area (Å²) in [5.74, 6) is 0. The van der Waals surface area contributed by atoms with Crippen LogP contribution in [0.2, 0.25) is 0 Å². The van der Waals surface area contributed by atoms with Gasteiger partial charge in [-0.15, -0.1) is 5.73 Å². The molecule has 1 rings (SSSR count). The number of rotatable bonds is 1. The van der Waals surface area contributed by atoms with Gasteiger partial charge in [0.25, 0.3) is 0 Å². The van der Waals surface area contributed by atoms with Gasteiger partial charge >= 0.3 is 0 Å². The number of likely N-dealkylation sites (N-methyl/N-ethyl adjacent to an activating group) is 1. The van der Waals surface area contributed by atoms with Gasteiger partial charge in [-0.1, -0.05) is 6.08 Å². The molecule has 0 aromatic rings. The minimum atomic E-state index is 1.15. The zero-order valence-corrected chi connectivity index (χ0v) is 6.31. The molecular weight excluding hydrogens is 122 g/mol. The van der Waals surface area contributed by atoms with E-state index in [1.165, 1.54) is 5.57 Å². The number of allylic oxidation sites excluding steroid dienone is 4. The van der Waals surface area contributed by atoms with Crippen LogP contribution in [0.4, 0.5) is 0 Å². The average Bonchev–Trinajstić information content (AvgIpc) is 2.13. The molecule has 1 heteroatoms. The van der Waals surface area contributed by atoms with E-state index in [4.69, 9.17) is 0 Å². The van der Waals surface area contributed by atoms with Crippen LogP contribution < -0.4 is 5.32 Å². The minimum absolute atomic E-state index is 1.15. The number of hydrogen-bond acceptors (Lipinski definition) is 1. The first-order valence-electron chi connectivity index (χ1n) is 3.32. The fraction of sp³-hybridized carbons (Fsp3) is 0.222. The molecule has 0 aromatic heterocycles. The van der Waals surface area contributed by atoms with Gasteiger partial charge < -0.3 is 5.32 Å². The van der Waals surface area contributed by atoms with Crippen molar-refractivity contribution in [3.05, 3.63) is 41.3 Å². The first-order chi connectivity index (χ1) is 4.84. The fourth-order valence-corrected chi connectivity index (χ4v) is 0.863. The molecule has 0 fully saturated rings. The topological polar surface area (TPSA) is 12.0 Å². The molecule has 0 bridgehead atoms. The third-order valence-electron chi connectivity index (χ3n) is 1.45. The van der Waals surface area contributed by atoms with E-state index in [-0.39, 0.29) is 0 Å². The van der Waals surface area contributed by atoms with Crippen molar-refractivity contribution in [1.82, 2.24) is 5.32 Å². The maximum absolute atomic E-state index is 3.10. The van der Waals surface area contributed by atoms with Crippen LogP contribution in [0.3, 0.4) is 0 Å². The van der Waals surface area contributed by atoms with Gasteiger partial charge in [0.2, 0.25) is 0 Å². The van der Waals surface area contributed by atoms with Gasteiger partial charge in [-0.3, -0.25) is 0 Å². The van der Waals surface area contributed by atoms with Gasteiger partial charge in [0.1, 0.15) is 0 Å². The predicted molar refractivity (Wildman–Crippen MR) is 43.6 cm³/mol. The third-order valence-corrected chi connectivity index (χ3v) is 1.45. The van der Waals surface area contributed by atoms with Gasteiger partial charge in [-0.25, -0.2) is 0 Å². The lowest BCUT2D eigenvalue weighted by atomic mass is 10.2. The van der Waals surface area contributed by atoms with Crippen molar-refractivity contribution in [2.75, 3.05) is 7.05 Å². The average molecular weight is 133 g/mol. The van der Waals surface area contributed by atoms with Crippen molar-refractivity contribution in [2.45, 2.75) is 6.92 Å². The first kappa shape index (κ1) is 6.91. The van der Waals surface area contributed by atoms with E-state index < -0.39 is 0 Å². The van der Waals surface area contributed by atoms with Crippen molar-refractivity contribution >= 4 is 0 Å². The van der Waals surface area contributed by atoms with E-state index >= 15 is 0 Å². The highest BCUT2D eigenvalue weighted by atomic mass is 14.8. The van der Waals surface area contributed by atoms with Gasteiger partial charge in [0.05, 0.1) is 0 Å². The third kappa shape index (κ3) is 1.40. The SMILES string of the molecule is CNC1=C(C)C=C=CC=C1.